The molecule has 0 radical (unpaired) electrons. The Hall–Kier alpha value is -2.49. The van der Waals surface area contributed by atoms with Crippen molar-refractivity contribution in [2.75, 3.05) is 23.7 Å². The lowest BCUT2D eigenvalue weighted by Crippen LogP contribution is -2.53. The smallest absolute Gasteiger partial charge is 0.244 e. The molecule has 0 unspecified atom stereocenters. The van der Waals surface area contributed by atoms with Crippen LogP contribution >= 0.6 is 46.4 Å². The normalized spacial score (nSPS) is 12.0. The second-order valence-electron chi connectivity index (χ2n) is 9.49. The molecule has 0 saturated heterocycles. The molecule has 0 fully saturated rings. The van der Waals surface area contributed by atoms with Crippen LogP contribution in [0.25, 0.3) is 0 Å². The van der Waals surface area contributed by atoms with Gasteiger partial charge in [-0.3, -0.25) is 13.9 Å². The summed E-state index contributed by atoms with van der Waals surface area (Å²) in [4.78, 5) is 29.1. The van der Waals surface area contributed by atoms with E-state index in [1.54, 1.807) is 18.2 Å². The topological polar surface area (TPSA) is 86.8 Å². The minimum atomic E-state index is -3.97. The minimum Gasteiger partial charge on any atom is -0.354 e. The molecule has 0 aliphatic rings. The number of benzene rings is 3. The van der Waals surface area contributed by atoms with Crippen molar-refractivity contribution >= 4 is 73.9 Å². The van der Waals surface area contributed by atoms with E-state index in [0.717, 1.165) is 29.0 Å². The fraction of sp³-hybridized carbons (Fsp3) is 0.310. The zero-order chi connectivity index (χ0) is 30.2. The third-order valence-electron chi connectivity index (χ3n) is 6.30. The van der Waals surface area contributed by atoms with Gasteiger partial charge in [0.2, 0.25) is 21.8 Å². The molecule has 0 spiro atoms. The third kappa shape index (κ3) is 9.51. The van der Waals surface area contributed by atoms with E-state index in [1.807, 2.05) is 37.3 Å². The molecule has 12 heteroatoms. The van der Waals surface area contributed by atoms with Crippen LogP contribution in [-0.2, 0) is 32.6 Å². The van der Waals surface area contributed by atoms with Crippen molar-refractivity contribution in [3.05, 3.63) is 97.9 Å². The Morgan fingerprint density at radius 1 is 0.878 bits per heavy atom. The van der Waals surface area contributed by atoms with E-state index in [0.29, 0.717) is 22.2 Å². The van der Waals surface area contributed by atoms with Crippen LogP contribution in [0.1, 0.15) is 30.9 Å². The molecule has 0 aliphatic carbocycles. The van der Waals surface area contributed by atoms with Gasteiger partial charge in [-0.05, 0) is 47.9 Å². The van der Waals surface area contributed by atoms with Gasteiger partial charge in [-0.2, -0.15) is 0 Å². The minimum absolute atomic E-state index is 0.0274. The number of amides is 2. The molecular formula is C29H31Cl4N3O4S. The van der Waals surface area contributed by atoms with Gasteiger partial charge in [0, 0.05) is 24.5 Å². The summed E-state index contributed by atoms with van der Waals surface area (Å²) >= 11 is 24.7. The second-order valence-corrected chi connectivity index (χ2v) is 13.1. The fourth-order valence-electron chi connectivity index (χ4n) is 4.17. The molecular weight excluding hydrogens is 628 g/mol. The molecule has 3 aromatic carbocycles. The number of anilines is 1. The number of nitrogens with zero attached hydrogens (tertiary/aromatic N) is 2. The zero-order valence-corrected chi connectivity index (χ0v) is 26.5. The van der Waals surface area contributed by atoms with Gasteiger partial charge in [-0.1, -0.05) is 96.1 Å². The van der Waals surface area contributed by atoms with Crippen molar-refractivity contribution in [3.63, 3.8) is 0 Å². The zero-order valence-electron chi connectivity index (χ0n) is 22.6. The average Bonchev–Trinajstić information content (AvgIpc) is 2.91. The highest BCUT2D eigenvalue weighted by molar-refractivity contribution is 7.92. The highest BCUT2D eigenvalue weighted by atomic mass is 35.5. The fourth-order valence-corrected chi connectivity index (χ4v) is 5.92. The Labute approximate surface area is 261 Å². The van der Waals surface area contributed by atoms with E-state index in [9.17, 15) is 18.0 Å². The van der Waals surface area contributed by atoms with Crippen molar-refractivity contribution in [2.24, 2.45) is 0 Å². The van der Waals surface area contributed by atoms with Crippen LogP contribution in [0.15, 0.2) is 66.7 Å². The largest absolute Gasteiger partial charge is 0.354 e. The molecule has 1 N–H and O–H groups in total. The van der Waals surface area contributed by atoms with Crippen LogP contribution in [0.3, 0.4) is 0 Å². The summed E-state index contributed by atoms with van der Waals surface area (Å²) in [5, 5.41) is 3.93. The Morgan fingerprint density at radius 3 is 2.20 bits per heavy atom. The van der Waals surface area contributed by atoms with Crippen molar-refractivity contribution in [3.8, 4) is 0 Å². The van der Waals surface area contributed by atoms with Crippen molar-refractivity contribution < 1.29 is 18.0 Å². The lowest BCUT2D eigenvalue weighted by atomic mass is 10.0. The van der Waals surface area contributed by atoms with Gasteiger partial charge in [-0.25, -0.2) is 8.42 Å². The predicted octanol–water partition coefficient (Wildman–Crippen LogP) is 6.62. The molecule has 41 heavy (non-hydrogen) atoms. The predicted molar refractivity (Wildman–Crippen MR) is 168 cm³/mol. The summed E-state index contributed by atoms with van der Waals surface area (Å²) in [6.45, 7) is 1.82. The highest BCUT2D eigenvalue weighted by Gasteiger charge is 2.33. The van der Waals surface area contributed by atoms with E-state index in [4.69, 9.17) is 46.4 Å². The number of rotatable bonds is 13. The Morgan fingerprint density at radius 2 is 1.59 bits per heavy atom. The summed E-state index contributed by atoms with van der Waals surface area (Å²) in [5.41, 5.74) is 1.53. The quantitative estimate of drug-likeness (QED) is 0.209. The van der Waals surface area contributed by atoms with Gasteiger partial charge in [0.15, 0.2) is 0 Å². The lowest BCUT2D eigenvalue weighted by molar-refractivity contribution is -0.140. The maximum atomic E-state index is 14.1. The van der Waals surface area contributed by atoms with Gasteiger partial charge < -0.3 is 10.2 Å². The summed E-state index contributed by atoms with van der Waals surface area (Å²) < 4.78 is 26.7. The summed E-state index contributed by atoms with van der Waals surface area (Å²) in [5.74, 6) is -0.967. The van der Waals surface area contributed by atoms with Crippen LogP contribution in [0.2, 0.25) is 20.1 Å². The van der Waals surface area contributed by atoms with Crippen molar-refractivity contribution in [1.29, 1.82) is 0 Å². The summed E-state index contributed by atoms with van der Waals surface area (Å²) in [6, 6.07) is 17.6. The molecule has 3 aromatic rings. The number of hydrogen-bond acceptors (Lipinski definition) is 4. The molecule has 0 saturated carbocycles. The molecule has 0 heterocycles. The monoisotopic (exact) mass is 657 g/mol. The number of carbonyl (C=O) groups excluding carboxylic acids is 2. The number of halogens is 4. The Kier molecular flexibility index (Phi) is 12.2. The maximum absolute atomic E-state index is 14.1. The number of unbranched alkanes of at least 4 members (excludes halogenated alkanes) is 1. The first kappa shape index (κ1) is 33.0. The third-order valence-corrected chi connectivity index (χ3v) is 8.70. The van der Waals surface area contributed by atoms with Crippen LogP contribution < -0.4 is 9.62 Å². The van der Waals surface area contributed by atoms with Gasteiger partial charge in [-0.15, -0.1) is 0 Å². The van der Waals surface area contributed by atoms with E-state index in [2.05, 4.69) is 5.32 Å². The molecule has 2 amide bonds. The SMILES string of the molecule is CCCCNC(=O)[C@@H](Cc1ccccc1)N(Cc1ccc(Cl)c(Cl)c1)C(=O)CN(c1ccc(Cl)cc1Cl)S(C)(=O)=O. The highest BCUT2D eigenvalue weighted by Crippen LogP contribution is 2.31. The van der Waals surface area contributed by atoms with Crippen LogP contribution in [-0.4, -0.2) is 50.5 Å². The number of sulfonamides is 1. The lowest BCUT2D eigenvalue weighted by Gasteiger charge is -2.33. The molecule has 3 rings (SSSR count). The van der Waals surface area contributed by atoms with E-state index in [-0.39, 0.29) is 34.6 Å². The molecule has 0 bridgehead atoms. The van der Waals surface area contributed by atoms with Crippen molar-refractivity contribution in [2.45, 2.75) is 38.8 Å². The van der Waals surface area contributed by atoms with Crippen LogP contribution in [0.5, 0.6) is 0 Å². The number of hydrogen-bond donors (Lipinski definition) is 1. The average molecular weight is 659 g/mol. The summed E-state index contributed by atoms with van der Waals surface area (Å²) in [7, 11) is -3.97. The number of nitrogens with one attached hydrogen (secondary N) is 1. The Balaban J connectivity index is 2.07. The molecule has 7 nitrogen and oxygen atoms in total. The molecule has 1 atom stereocenters. The first-order valence-electron chi connectivity index (χ1n) is 12.9. The maximum Gasteiger partial charge on any atom is 0.244 e. The van der Waals surface area contributed by atoms with Gasteiger partial charge in [0.1, 0.15) is 12.6 Å². The first-order valence-corrected chi connectivity index (χ1v) is 16.2. The van der Waals surface area contributed by atoms with Gasteiger partial charge in [0.25, 0.3) is 0 Å². The van der Waals surface area contributed by atoms with Gasteiger partial charge in [0.05, 0.1) is 27.0 Å². The van der Waals surface area contributed by atoms with E-state index < -0.39 is 28.5 Å². The van der Waals surface area contributed by atoms with Gasteiger partial charge >= 0.3 is 0 Å². The van der Waals surface area contributed by atoms with Crippen LogP contribution in [0.4, 0.5) is 5.69 Å². The van der Waals surface area contributed by atoms with Crippen LogP contribution in [0, 0.1) is 0 Å². The van der Waals surface area contributed by atoms with E-state index in [1.165, 1.54) is 23.1 Å². The first-order chi connectivity index (χ1) is 19.4. The number of carbonyl (C=O) groups is 2. The Bertz CT molecular complexity index is 1470. The van der Waals surface area contributed by atoms with Crippen molar-refractivity contribution in [1.82, 2.24) is 10.2 Å². The molecule has 220 valence electrons. The molecule has 0 aromatic heterocycles. The standard InChI is InChI=1S/C29H31Cl4N3O4S/c1-3-4-14-34-29(38)27(16-20-8-6-5-7-9-20)35(18-21-10-12-23(31)24(32)15-21)28(37)19-36(41(2,39)40)26-13-11-22(30)17-25(26)33/h5-13,15,17,27H,3-4,14,16,18-19H2,1-2H3,(H,34,38)/t27-/m1/s1. The second kappa shape index (κ2) is 15.1. The molecule has 0 aliphatic heterocycles. The summed E-state index contributed by atoms with van der Waals surface area (Å²) in [6.07, 6.45) is 2.82. The van der Waals surface area contributed by atoms with E-state index >= 15 is 0 Å².